The first-order valence-electron chi connectivity index (χ1n) is 7.69. The van der Waals surface area contributed by atoms with Gasteiger partial charge in [-0.1, -0.05) is 6.07 Å². The highest BCUT2D eigenvalue weighted by Gasteiger charge is 2.32. The minimum atomic E-state index is 0.0627. The molecule has 4 heteroatoms. The molecule has 2 rings (SSSR count). The normalized spacial score (nSPS) is 16.2. The molecule has 4 nitrogen and oxygen atoms in total. The summed E-state index contributed by atoms with van der Waals surface area (Å²) in [6.45, 7) is 4.85. The van der Waals surface area contributed by atoms with Crippen LogP contribution < -0.4 is 4.74 Å². The van der Waals surface area contributed by atoms with E-state index in [1.165, 1.54) is 12.8 Å². The van der Waals surface area contributed by atoms with Crippen LogP contribution in [-0.2, 0) is 17.9 Å². The summed E-state index contributed by atoms with van der Waals surface area (Å²) in [6, 6.07) is 6.45. The highest BCUT2D eigenvalue weighted by Crippen LogP contribution is 2.36. The number of ether oxygens (including phenoxy) is 2. The van der Waals surface area contributed by atoms with Crippen LogP contribution >= 0.6 is 0 Å². The Kier molecular flexibility index (Phi) is 6.03. The molecule has 1 N–H and O–H groups in total. The zero-order chi connectivity index (χ0) is 15.2. The van der Waals surface area contributed by atoms with Gasteiger partial charge >= 0.3 is 0 Å². The highest BCUT2D eigenvalue weighted by molar-refractivity contribution is 5.37. The van der Waals surface area contributed by atoms with Gasteiger partial charge in [-0.15, -0.1) is 0 Å². The molecule has 1 aromatic carbocycles. The molecular formula is C17H27NO3. The first kappa shape index (κ1) is 16.3. The molecule has 21 heavy (non-hydrogen) atoms. The summed E-state index contributed by atoms with van der Waals surface area (Å²) in [6.07, 6.45) is 2.66. The Bertz CT molecular complexity index is 446. The number of methoxy groups -OCH3 is 2. The Morgan fingerprint density at radius 3 is 2.67 bits per heavy atom. The van der Waals surface area contributed by atoms with Gasteiger partial charge in [-0.25, -0.2) is 0 Å². The molecular weight excluding hydrogens is 266 g/mol. The Labute approximate surface area is 127 Å². The van der Waals surface area contributed by atoms with Crippen molar-refractivity contribution in [1.82, 2.24) is 4.90 Å². The standard InChI is InChI=1S/C17H27NO3/c1-13(15-5-6-15)18(8-9-20-2)11-16-10-14(12-19)4-7-17(16)21-3/h4,7,10,13,15,19H,5-6,8-9,11-12H2,1-3H3. The third kappa shape index (κ3) is 4.43. The van der Waals surface area contributed by atoms with Crippen molar-refractivity contribution in [1.29, 1.82) is 0 Å². The molecule has 1 aliphatic carbocycles. The van der Waals surface area contributed by atoms with E-state index in [-0.39, 0.29) is 6.61 Å². The number of aliphatic hydroxyl groups is 1. The van der Waals surface area contributed by atoms with E-state index >= 15 is 0 Å². The van der Waals surface area contributed by atoms with Crippen molar-refractivity contribution in [2.75, 3.05) is 27.4 Å². The molecule has 0 heterocycles. The van der Waals surface area contributed by atoms with Crippen molar-refractivity contribution in [3.05, 3.63) is 29.3 Å². The van der Waals surface area contributed by atoms with E-state index in [0.717, 1.165) is 42.5 Å². The van der Waals surface area contributed by atoms with Gasteiger partial charge < -0.3 is 14.6 Å². The molecule has 0 amide bonds. The minimum absolute atomic E-state index is 0.0627. The fourth-order valence-corrected chi connectivity index (χ4v) is 2.78. The molecule has 0 radical (unpaired) electrons. The summed E-state index contributed by atoms with van der Waals surface area (Å²) in [4.78, 5) is 2.46. The molecule has 1 aliphatic rings. The molecule has 0 bridgehead atoms. The van der Waals surface area contributed by atoms with Gasteiger partial charge in [0.2, 0.25) is 0 Å². The molecule has 118 valence electrons. The van der Waals surface area contributed by atoms with Gasteiger partial charge in [-0.3, -0.25) is 4.90 Å². The van der Waals surface area contributed by atoms with E-state index < -0.39 is 0 Å². The lowest BCUT2D eigenvalue weighted by atomic mass is 10.1. The van der Waals surface area contributed by atoms with Crippen molar-refractivity contribution in [2.24, 2.45) is 5.92 Å². The summed E-state index contributed by atoms with van der Waals surface area (Å²) >= 11 is 0. The lowest BCUT2D eigenvalue weighted by molar-refractivity contribution is 0.111. The predicted molar refractivity (Wildman–Crippen MR) is 83.4 cm³/mol. The lowest BCUT2D eigenvalue weighted by Gasteiger charge is -2.29. The van der Waals surface area contributed by atoms with Crippen LogP contribution in [0.15, 0.2) is 18.2 Å². The van der Waals surface area contributed by atoms with Crippen LogP contribution in [0.3, 0.4) is 0 Å². The van der Waals surface area contributed by atoms with Crippen LogP contribution in [0.25, 0.3) is 0 Å². The van der Waals surface area contributed by atoms with E-state index in [2.05, 4.69) is 11.8 Å². The molecule has 1 unspecified atom stereocenters. The quantitative estimate of drug-likeness (QED) is 0.759. The maximum atomic E-state index is 9.33. The zero-order valence-electron chi connectivity index (χ0n) is 13.3. The second-order valence-corrected chi connectivity index (χ2v) is 5.85. The van der Waals surface area contributed by atoms with Crippen molar-refractivity contribution < 1.29 is 14.6 Å². The number of aliphatic hydroxyl groups excluding tert-OH is 1. The molecule has 0 saturated heterocycles. The second-order valence-electron chi connectivity index (χ2n) is 5.85. The lowest BCUT2D eigenvalue weighted by Crippen LogP contribution is -2.36. The zero-order valence-corrected chi connectivity index (χ0v) is 13.3. The molecule has 0 aliphatic heterocycles. The summed E-state index contributed by atoms with van der Waals surface area (Å²) in [7, 11) is 3.44. The fraction of sp³-hybridized carbons (Fsp3) is 0.647. The van der Waals surface area contributed by atoms with Gasteiger partial charge in [0, 0.05) is 31.8 Å². The Hall–Kier alpha value is -1.10. The first-order chi connectivity index (χ1) is 10.2. The van der Waals surface area contributed by atoms with Gasteiger partial charge in [-0.2, -0.15) is 0 Å². The van der Waals surface area contributed by atoms with Crippen molar-refractivity contribution in [3.8, 4) is 5.75 Å². The average molecular weight is 293 g/mol. The SMILES string of the molecule is COCCN(Cc1cc(CO)ccc1OC)C(C)C1CC1. The monoisotopic (exact) mass is 293 g/mol. The van der Waals surface area contributed by atoms with Gasteiger partial charge in [0.05, 0.1) is 20.3 Å². The van der Waals surface area contributed by atoms with Crippen LogP contribution in [0.5, 0.6) is 5.75 Å². The van der Waals surface area contributed by atoms with E-state index in [1.807, 2.05) is 18.2 Å². The van der Waals surface area contributed by atoms with Crippen molar-refractivity contribution in [3.63, 3.8) is 0 Å². The number of hydrogen-bond acceptors (Lipinski definition) is 4. The van der Waals surface area contributed by atoms with E-state index in [1.54, 1.807) is 14.2 Å². The average Bonchev–Trinajstić information content (AvgIpc) is 3.35. The molecule has 0 spiro atoms. The maximum absolute atomic E-state index is 9.33. The summed E-state index contributed by atoms with van der Waals surface area (Å²) in [5, 5.41) is 9.33. The topological polar surface area (TPSA) is 41.9 Å². The Balaban J connectivity index is 2.13. The molecule has 0 aromatic heterocycles. The number of nitrogens with zero attached hydrogens (tertiary/aromatic N) is 1. The van der Waals surface area contributed by atoms with E-state index in [4.69, 9.17) is 9.47 Å². The Morgan fingerprint density at radius 2 is 2.10 bits per heavy atom. The summed E-state index contributed by atoms with van der Waals surface area (Å²) in [5.74, 6) is 1.70. The molecule has 1 fully saturated rings. The second kappa shape index (κ2) is 7.78. The van der Waals surface area contributed by atoms with Crippen molar-refractivity contribution in [2.45, 2.75) is 39.0 Å². The van der Waals surface area contributed by atoms with Crippen LogP contribution in [-0.4, -0.2) is 43.4 Å². The summed E-state index contributed by atoms with van der Waals surface area (Å²) < 4.78 is 10.7. The highest BCUT2D eigenvalue weighted by atomic mass is 16.5. The van der Waals surface area contributed by atoms with Crippen molar-refractivity contribution >= 4 is 0 Å². The van der Waals surface area contributed by atoms with Crippen LogP contribution in [0.1, 0.15) is 30.9 Å². The van der Waals surface area contributed by atoms with Gasteiger partial charge in [-0.05, 0) is 43.4 Å². The van der Waals surface area contributed by atoms with Gasteiger partial charge in [0.15, 0.2) is 0 Å². The smallest absolute Gasteiger partial charge is 0.123 e. The number of hydrogen-bond donors (Lipinski definition) is 1. The third-order valence-corrected chi connectivity index (χ3v) is 4.36. The largest absolute Gasteiger partial charge is 0.496 e. The van der Waals surface area contributed by atoms with E-state index in [0.29, 0.717) is 6.04 Å². The Morgan fingerprint density at radius 1 is 1.33 bits per heavy atom. The molecule has 1 atom stereocenters. The minimum Gasteiger partial charge on any atom is -0.496 e. The molecule has 1 aromatic rings. The molecule has 1 saturated carbocycles. The summed E-state index contributed by atoms with van der Waals surface area (Å²) in [5.41, 5.74) is 2.06. The van der Waals surface area contributed by atoms with Gasteiger partial charge in [0.1, 0.15) is 5.75 Å². The van der Waals surface area contributed by atoms with E-state index in [9.17, 15) is 5.11 Å². The number of benzene rings is 1. The fourth-order valence-electron chi connectivity index (χ4n) is 2.78. The first-order valence-corrected chi connectivity index (χ1v) is 7.69. The predicted octanol–water partition coefficient (Wildman–Crippen LogP) is 2.43. The van der Waals surface area contributed by atoms with Crippen LogP contribution in [0.2, 0.25) is 0 Å². The number of rotatable bonds is 9. The van der Waals surface area contributed by atoms with Crippen LogP contribution in [0, 0.1) is 5.92 Å². The third-order valence-electron chi connectivity index (χ3n) is 4.36. The maximum Gasteiger partial charge on any atom is 0.123 e. The van der Waals surface area contributed by atoms with Crippen LogP contribution in [0.4, 0.5) is 0 Å². The van der Waals surface area contributed by atoms with Gasteiger partial charge in [0.25, 0.3) is 0 Å².